The van der Waals surface area contributed by atoms with Gasteiger partial charge >= 0.3 is 6.18 Å². The van der Waals surface area contributed by atoms with Crippen molar-refractivity contribution in [2.45, 2.75) is 51.2 Å². The summed E-state index contributed by atoms with van der Waals surface area (Å²) in [5.74, 6) is -0.709. The van der Waals surface area contributed by atoms with Gasteiger partial charge in [-0.25, -0.2) is 0 Å². The summed E-state index contributed by atoms with van der Waals surface area (Å²) in [6.45, 7) is 4.60. The molecule has 7 heteroatoms. The maximum absolute atomic E-state index is 12.5. The molecule has 1 rings (SSSR count). The van der Waals surface area contributed by atoms with E-state index >= 15 is 0 Å². The van der Waals surface area contributed by atoms with Crippen LogP contribution >= 0.6 is 0 Å². The van der Waals surface area contributed by atoms with E-state index in [9.17, 15) is 23.1 Å². The zero-order valence-electron chi connectivity index (χ0n) is 10.6. The van der Waals surface area contributed by atoms with Crippen LogP contribution in [0.15, 0.2) is 0 Å². The highest BCUT2D eigenvalue weighted by atomic mass is 19.4. The molecule has 18 heavy (non-hydrogen) atoms. The number of halogens is 3. The predicted octanol–water partition coefficient (Wildman–Crippen LogP) is 1.33. The molecule has 1 fully saturated rings. The summed E-state index contributed by atoms with van der Waals surface area (Å²) in [6, 6.07) is 0. The molecule has 1 heterocycles. The molecular weight excluding hydrogens is 251 g/mol. The van der Waals surface area contributed by atoms with Crippen LogP contribution in [0.1, 0.15) is 27.2 Å². The molecule has 0 aliphatic carbocycles. The summed E-state index contributed by atoms with van der Waals surface area (Å²) in [6.07, 6.45) is -6.20. The van der Waals surface area contributed by atoms with Crippen LogP contribution in [0, 0.1) is 0 Å². The van der Waals surface area contributed by atoms with Crippen LogP contribution in [0.4, 0.5) is 13.2 Å². The van der Waals surface area contributed by atoms with Crippen LogP contribution in [-0.4, -0.2) is 53.0 Å². The van der Waals surface area contributed by atoms with E-state index in [0.29, 0.717) is 6.92 Å². The molecular formula is C11H18F3NO3. The third kappa shape index (κ3) is 3.58. The fourth-order valence-corrected chi connectivity index (χ4v) is 1.89. The van der Waals surface area contributed by atoms with Gasteiger partial charge in [-0.1, -0.05) is 0 Å². The fourth-order valence-electron chi connectivity index (χ4n) is 1.89. The third-order valence-corrected chi connectivity index (χ3v) is 2.88. The van der Waals surface area contributed by atoms with Crippen molar-refractivity contribution in [1.82, 2.24) is 4.90 Å². The summed E-state index contributed by atoms with van der Waals surface area (Å²) in [4.78, 5) is 13.1. The Bertz CT molecular complexity index is 307. The molecule has 0 aromatic heterocycles. The Morgan fingerprint density at radius 1 is 1.33 bits per heavy atom. The quantitative estimate of drug-likeness (QED) is 0.822. The van der Waals surface area contributed by atoms with E-state index in [1.54, 1.807) is 13.8 Å². The lowest BCUT2D eigenvalue weighted by atomic mass is 10.0. The molecule has 0 aromatic carbocycles. The summed E-state index contributed by atoms with van der Waals surface area (Å²) in [7, 11) is 0. The second-order valence-corrected chi connectivity index (χ2v) is 5.00. The van der Waals surface area contributed by atoms with Gasteiger partial charge in [0.15, 0.2) is 5.60 Å². The number of carbonyl (C=O) groups excluding carboxylic acids is 1. The molecule has 0 radical (unpaired) electrons. The van der Waals surface area contributed by atoms with Gasteiger partial charge in [-0.3, -0.25) is 4.79 Å². The minimum atomic E-state index is -4.81. The second kappa shape index (κ2) is 5.05. The number of amides is 1. The molecule has 1 aliphatic heterocycles. The van der Waals surface area contributed by atoms with E-state index in [1.165, 1.54) is 4.90 Å². The van der Waals surface area contributed by atoms with Crippen molar-refractivity contribution < 1.29 is 27.8 Å². The van der Waals surface area contributed by atoms with Gasteiger partial charge in [0, 0.05) is 13.1 Å². The van der Waals surface area contributed by atoms with Gasteiger partial charge in [0.1, 0.15) is 0 Å². The minimum absolute atomic E-state index is 0.214. The number of alkyl halides is 3. The topological polar surface area (TPSA) is 49.8 Å². The maximum atomic E-state index is 12.5. The van der Waals surface area contributed by atoms with E-state index in [2.05, 4.69) is 0 Å². The van der Waals surface area contributed by atoms with E-state index in [-0.39, 0.29) is 25.3 Å². The van der Waals surface area contributed by atoms with Crippen LogP contribution in [-0.2, 0) is 9.53 Å². The number of nitrogens with zero attached hydrogens (tertiary/aromatic N) is 1. The third-order valence-electron chi connectivity index (χ3n) is 2.88. The molecule has 0 bridgehead atoms. The molecule has 0 spiro atoms. The lowest BCUT2D eigenvalue weighted by Crippen LogP contribution is -2.52. The first-order valence-electron chi connectivity index (χ1n) is 5.75. The first kappa shape index (κ1) is 15.2. The van der Waals surface area contributed by atoms with Gasteiger partial charge < -0.3 is 14.7 Å². The van der Waals surface area contributed by atoms with Crippen molar-refractivity contribution in [3.63, 3.8) is 0 Å². The Hall–Kier alpha value is -0.820. The Morgan fingerprint density at radius 2 is 1.78 bits per heavy atom. The van der Waals surface area contributed by atoms with Crippen LogP contribution in [0.25, 0.3) is 0 Å². The highest BCUT2D eigenvalue weighted by molar-refractivity contribution is 5.77. The number of aliphatic hydroxyl groups is 1. The van der Waals surface area contributed by atoms with Crippen LogP contribution < -0.4 is 0 Å². The van der Waals surface area contributed by atoms with Gasteiger partial charge in [0.05, 0.1) is 18.6 Å². The molecule has 106 valence electrons. The van der Waals surface area contributed by atoms with E-state index < -0.39 is 24.1 Å². The van der Waals surface area contributed by atoms with E-state index in [4.69, 9.17) is 4.74 Å². The van der Waals surface area contributed by atoms with Gasteiger partial charge in [0.2, 0.25) is 5.91 Å². The number of carbonyl (C=O) groups is 1. The maximum Gasteiger partial charge on any atom is 0.417 e. The Kier molecular flexibility index (Phi) is 4.27. The fraction of sp³-hybridized carbons (Fsp3) is 0.909. The number of ether oxygens (including phenoxy) is 1. The summed E-state index contributed by atoms with van der Waals surface area (Å²) < 4.78 is 42.8. The first-order chi connectivity index (χ1) is 8.03. The van der Waals surface area contributed by atoms with Crippen LogP contribution in [0.5, 0.6) is 0 Å². The molecule has 0 saturated carbocycles. The smallest absolute Gasteiger partial charge is 0.380 e. The number of hydrogen-bond acceptors (Lipinski definition) is 3. The monoisotopic (exact) mass is 269 g/mol. The van der Waals surface area contributed by atoms with Crippen molar-refractivity contribution in [2.24, 2.45) is 0 Å². The molecule has 1 aliphatic rings. The zero-order chi connectivity index (χ0) is 14.1. The molecule has 1 amide bonds. The minimum Gasteiger partial charge on any atom is -0.380 e. The second-order valence-electron chi connectivity index (χ2n) is 5.00. The Labute approximate surface area is 104 Å². The van der Waals surface area contributed by atoms with Gasteiger partial charge in [-0.2, -0.15) is 13.2 Å². The van der Waals surface area contributed by atoms with Crippen LogP contribution in [0.3, 0.4) is 0 Å². The van der Waals surface area contributed by atoms with Gasteiger partial charge in [-0.05, 0) is 20.8 Å². The normalized spacial score (nSPS) is 28.9. The van der Waals surface area contributed by atoms with Crippen molar-refractivity contribution in [3.05, 3.63) is 0 Å². The standard InChI is InChI=1S/C11H18F3NO3/c1-7-5-15(6-8(2)18-7)9(16)4-10(3,17)11(12,13)14/h7-8,17H,4-6H2,1-3H3. The van der Waals surface area contributed by atoms with Gasteiger partial charge in [0.25, 0.3) is 0 Å². The van der Waals surface area contributed by atoms with E-state index in [1.807, 2.05) is 0 Å². The highest BCUT2D eigenvalue weighted by Crippen LogP contribution is 2.33. The Balaban J connectivity index is 2.66. The summed E-state index contributed by atoms with van der Waals surface area (Å²) >= 11 is 0. The van der Waals surface area contributed by atoms with Crippen LogP contribution in [0.2, 0.25) is 0 Å². The zero-order valence-corrected chi connectivity index (χ0v) is 10.6. The molecule has 4 nitrogen and oxygen atoms in total. The SMILES string of the molecule is CC1CN(C(=O)CC(C)(O)C(F)(F)F)CC(C)O1. The van der Waals surface area contributed by atoms with Crippen molar-refractivity contribution in [3.8, 4) is 0 Å². The molecule has 1 N–H and O–H groups in total. The van der Waals surface area contributed by atoms with Crippen molar-refractivity contribution >= 4 is 5.91 Å². The lowest BCUT2D eigenvalue weighted by Gasteiger charge is -2.37. The van der Waals surface area contributed by atoms with E-state index in [0.717, 1.165) is 0 Å². The number of rotatable bonds is 2. The highest BCUT2D eigenvalue weighted by Gasteiger charge is 2.51. The van der Waals surface area contributed by atoms with Crippen molar-refractivity contribution in [2.75, 3.05) is 13.1 Å². The first-order valence-corrected chi connectivity index (χ1v) is 5.75. The Morgan fingerprint density at radius 3 is 2.17 bits per heavy atom. The average Bonchev–Trinajstić information content (AvgIpc) is 2.13. The van der Waals surface area contributed by atoms with Crippen molar-refractivity contribution in [1.29, 1.82) is 0 Å². The van der Waals surface area contributed by atoms with Gasteiger partial charge in [-0.15, -0.1) is 0 Å². The summed E-state index contributed by atoms with van der Waals surface area (Å²) in [5, 5.41) is 9.28. The molecule has 3 atom stereocenters. The lowest BCUT2D eigenvalue weighted by molar-refractivity contribution is -0.254. The number of morpholine rings is 1. The largest absolute Gasteiger partial charge is 0.417 e. The molecule has 3 unspecified atom stereocenters. The average molecular weight is 269 g/mol. The number of hydrogen-bond donors (Lipinski definition) is 1. The summed E-state index contributed by atoms with van der Waals surface area (Å²) in [5.41, 5.74) is -2.99. The molecule has 0 aromatic rings. The molecule has 1 saturated heterocycles. The predicted molar refractivity (Wildman–Crippen MR) is 57.9 cm³/mol.